The van der Waals surface area contributed by atoms with Gasteiger partial charge in [-0.1, -0.05) is 18.2 Å². The maximum atomic E-state index is 12.2. The van der Waals surface area contributed by atoms with Gasteiger partial charge in [0.25, 0.3) is 15.9 Å². The number of benzene rings is 2. The van der Waals surface area contributed by atoms with E-state index in [2.05, 4.69) is 15.0 Å². The number of carbonyl (C=O) groups is 2. The van der Waals surface area contributed by atoms with E-state index in [1.807, 2.05) is 32.0 Å². The molecule has 1 aliphatic heterocycles. The smallest absolute Gasteiger partial charge is 0.331 e. The average molecular weight is 415 g/mol. The highest BCUT2D eigenvalue weighted by atomic mass is 32.2. The minimum atomic E-state index is -3.69. The molecule has 1 heterocycles. The van der Waals surface area contributed by atoms with E-state index in [4.69, 9.17) is 4.74 Å². The van der Waals surface area contributed by atoms with Crippen LogP contribution in [0.15, 0.2) is 52.4 Å². The number of rotatable bonds is 5. The fourth-order valence-electron chi connectivity index (χ4n) is 2.98. The van der Waals surface area contributed by atoms with Gasteiger partial charge in [0.1, 0.15) is 11.9 Å². The third kappa shape index (κ3) is 4.80. The van der Waals surface area contributed by atoms with Gasteiger partial charge in [-0.15, -0.1) is 0 Å². The van der Waals surface area contributed by atoms with E-state index >= 15 is 0 Å². The van der Waals surface area contributed by atoms with Crippen LogP contribution in [-0.4, -0.2) is 38.8 Å². The van der Waals surface area contributed by atoms with Crippen LogP contribution in [-0.2, 0) is 24.3 Å². The second kappa shape index (κ2) is 8.04. The van der Waals surface area contributed by atoms with Gasteiger partial charge >= 0.3 is 5.97 Å². The highest BCUT2D eigenvalue weighted by Crippen LogP contribution is 2.22. The molecule has 2 aromatic carbocycles. The molecule has 0 bridgehead atoms. The van der Waals surface area contributed by atoms with Crippen LogP contribution in [0.5, 0.6) is 0 Å². The van der Waals surface area contributed by atoms with Crippen LogP contribution in [0.4, 0.5) is 5.69 Å². The van der Waals surface area contributed by atoms with Crippen molar-refractivity contribution in [2.24, 2.45) is 4.99 Å². The van der Waals surface area contributed by atoms with Gasteiger partial charge in [-0.2, -0.15) is 0 Å². The summed E-state index contributed by atoms with van der Waals surface area (Å²) in [5.41, 5.74) is 3.01. The van der Waals surface area contributed by atoms with Gasteiger partial charge in [0.15, 0.2) is 6.61 Å². The summed E-state index contributed by atoms with van der Waals surface area (Å²) in [5, 5.41) is 2.67. The number of hydrogen-bond donors (Lipinski definition) is 2. The monoisotopic (exact) mass is 415 g/mol. The molecule has 1 aliphatic rings. The van der Waals surface area contributed by atoms with E-state index in [0.29, 0.717) is 11.3 Å². The molecule has 0 radical (unpaired) electrons. The zero-order chi connectivity index (χ0) is 21.2. The number of anilines is 1. The summed E-state index contributed by atoms with van der Waals surface area (Å²) in [6.07, 6.45) is 0. The Labute approximate surface area is 169 Å². The first kappa shape index (κ1) is 20.5. The van der Waals surface area contributed by atoms with Gasteiger partial charge < -0.3 is 10.1 Å². The first-order valence-electron chi connectivity index (χ1n) is 8.90. The molecule has 0 spiro atoms. The van der Waals surface area contributed by atoms with E-state index in [1.165, 1.54) is 13.0 Å². The normalized spacial score (nSPS) is 16.6. The Hall–Kier alpha value is -3.20. The number of aryl methyl sites for hydroxylation is 2. The number of aliphatic imine (C=N–C) groups is 1. The summed E-state index contributed by atoms with van der Waals surface area (Å²) < 4.78 is 31.5. The highest BCUT2D eigenvalue weighted by molar-refractivity contribution is 7.90. The average Bonchev–Trinajstić information content (AvgIpc) is 2.89. The van der Waals surface area contributed by atoms with Crippen molar-refractivity contribution in [2.75, 3.05) is 11.9 Å². The predicted octanol–water partition coefficient (Wildman–Crippen LogP) is 1.91. The molecule has 0 aliphatic carbocycles. The number of sulfonamides is 1. The van der Waals surface area contributed by atoms with Crippen molar-refractivity contribution >= 4 is 33.4 Å². The Bertz CT molecular complexity index is 1090. The van der Waals surface area contributed by atoms with Crippen LogP contribution in [0.25, 0.3) is 0 Å². The quantitative estimate of drug-likeness (QED) is 0.724. The minimum absolute atomic E-state index is 0.0738. The fourth-order valence-corrected chi connectivity index (χ4v) is 4.22. The summed E-state index contributed by atoms with van der Waals surface area (Å²) in [6, 6.07) is 10.9. The number of fused-ring (bicyclic) bond motifs is 1. The Balaban J connectivity index is 1.61. The van der Waals surface area contributed by atoms with Crippen molar-refractivity contribution in [1.82, 2.24) is 4.72 Å². The number of nitrogens with zero attached hydrogens (tertiary/aromatic N) is 1. The third-order valence-electron chi connectivity index (χ3n) is 4.18. The lowest BCUT2D eigenvalue weighted by atomic mass is 10.1. The molecule has 1 atom stereocenters. The summed E-state index contributed by atoms with van der Waals surface area (Å²) in [6.45, 7) is 4.83. The molecule has 0 unspecified atom stereocenters. The molecule has 8 nitrogen and oxygen atoms in total. The van der Waals surface area contributed by atoms with Crippen molar-refractivity contribution in [3.63, 3.8) is 0 Å². The maximum absolute atomic E-state index is 12.2. The molecular weight excluding hydrogens is 394 g/mol. The number of amidine groups is 1. The standard InChI is InChI=1S/C20H21N3O5S/c1-12-8-13(2)10-15(9-12)22-18(24)11-28-20(25)14(3)21-19-16-6-4-5-7-17(16)29(26,27)23-19/h4-10,14H,11H2,1-3H3,(H,21,23)(H,22,24)/t14-/m1/s1. The zero-order valence-corrected chi connectivity index (χ0v) is 17.0. The van der Waals surface area contributed by atoms with Crippen LogP contribution < -0.4 is 10.0 Å². The summed E-state index contributed by atoms with van der Waals surface area (Å²) in [4.78, 5) is 28.4. The lowest BCUT2D eigenvalue weighted by molar-refractivity contribution is -0.148. The van der Waals surface area contributed by atoms with E-state index in [-0.39, 0.29) is 10.7 Å². The highest BCUT2D eigenvalue weighted by Gasteiger charge is 2.31. The summed E-state index contributed by atoms with van der Waals surface area (Å²) >= 11 is 0. The van der Waals surface area contributed by atoms with Crippen molar-refractivity contribution < 1.29 is 22.7 Å². The van der Waals surface area contributed by atoms with Gasteiger partial charge in [0, 0.05) is 11.3 Å². The lowest BCUT2D eigenvalue weighted by Gasteiger charge is -2.10. The first-order chi connectivity index (χ1) is 13.7. The largest absolute Gasteiger partial charge is 0.454 e. The molecule has 2 N–H and O–H groups in total. The van der Waals surface area contributed by atoms with Gasteiger partial charge in [-0.05, 0) is 56.2 Å². The number of esters is 1. The zero-order valence-electron chi connectivity index (χ0n) is 16.2. The van der Waals surface area contributed by atoms with E-state index in [0.717, 1.165) is 11.1 Å². The third-order valence-corrected chi connectivity index (χ3v) is 5.57. The van der Waals surface area contributed by atoms with Gasteiger partial charge in [-0.25, -0.2) is 13.2 Å². The van der Waals surface area contributed by atoms with E-state index in [9.17, 15) is 18.0 Å². The maximum Gasteiger partial charge on any atom is 0.331 e. The van der Waals surface area contributed by atoms with Crippen LogP contribution in [0.2, 0.25) is 0 Å². The Morgan fingerprint density at radius 2 is 1.79 bits per heavy atom. The van der Waals surface area contributed by atoms with E-state index in [1.54, 1.807) is 18.2 Å². The molecule has 0 fully saturated rings. The van der Waals surface area contributed by atoms with Crippen molar-refractivity contribution in [2.45, 2.75) is 31.7 Å². The number of carbonyl (C=O) groups excluding carboxylic acids is 2. The molecule has 29 heavy (non-hydrogen) atoms. The SMILES string of the molecule is Cc1cc(C)cc(NC(=O)COC(=O)[C@@H](C)N=C2NS(=O)(=O)c3ccccc32)c1. The molecule has 152 valence electrons. The van der Waals surface area contributed by atoms with Crippen LogP contribution in [0, 0.1) is 13.8 Å². The molecule has 1 amide bonds. The fraction of sp³-hybridized carbons (Fsp3) is 0.250. The summed E-state index contributed by atoms with van der Waals surface area (Å²) in [5.74, 6) is -1.14. The van der Waals surface area contributed by atoms with Crippen molar-refractivity contribution in [3.05, 3.63) is 59.2 Å². The Morgan fingerprint density at radius 1 is 1.14 bits per heavy atom. The molecule has 3 rings (SSSR count). The number of hydrogen-bond acceptors (Lipinski definition) is 6. The molecular formula is C20H21N3O5S. The van der Waals surface area contributed by atoms with Crippen molar-refractivity contribution in [3.8, 4) is 0 Å². The Kier molecular flexibility index (Phi) is 5.69. The van der Waals surface area contributed by atoms with Crippen LogP contribution in [0.3, 0.4) is 0 Å². The number of amides is 1. The van der Waals surface area contributed by atoms with Crippen molar-refractivity contribution in [1.29, 1.82) is 0 Å². The Morgan fingerprint density at radius 3 is 2.48 bits per heavy atom. The van der Waals surface area contributed by atoms with E-state index < -0.39 is 34.5 Å². The number of ether oxygens (including phenoxy) is 1. The van der Waals surface area contributed by atoms with Gasteiger partial charge in [0.05, 0.1) is 4.90 Å². The molecule has 9 heteroatoms. The predicted molar refractivity (Wildman–Crippen MR) is 108 cm³/mol. The van der Waals surface area contributed by atoms with Crippen LogP contribution >= 0.6 is 0 Å². The molecule has 2 aromatic rings. The minimum Gasteiger partial charge on any atom is -0.454 e. The second-order valence-corrected chi connectivity index (χ2v) is 8.44. The topological polar surface area (TPSA) is 114 Å². The summed E-state index contributed by atoms with van der Waals surface area (Å²) in [7, 11) is -3.69. The van der Waals surface area contributed by atoms with Gasteiger partial charge in [0.2, 0.25) is 0 Å². The molecule has 0 saturated carbocycles. The number of nitrogens with one attached hydrogen (secondary N) is 2. The second-order valence-electron chi connectivity index (χ2n) is 6.79. The lowest BCUT2D eigenvalue weighted by Crippen LogP contribution is -2.28. The van der Waals surface area contributed by atoms with Crippen LogP contribution in [0.1, 0.15) is 23.6 Å². The molecule has 0 aromatic heterocycles. The van der Waals surface area contributed by atoms with Gasteiger partial charge in [-0.3, -0.25) is 14.5 Å². The molecule has 0 saturated heterocycles. The first-order valence-corrected chi connectivity index (χ1v) is 10.4.